The van der Waals surface area contributed by atoms with Crippen molar-refractivity contribution < 1.29 is 4.74 Å². The lowest BCUT2D eigenvalue weighted by Crippen LogP contribution is -2.22. The lowest BCUT2D eigenvalue weighted by Gasteiger charge is -2.25. The van der Waals surface area contributed by atoms with Crippen molar-refractivity contribution in [2.75, 3.05) is 13.1 Å². The molecule has 1 aliphatic heterocycles. The first-order valence-electron chi connectivity index (χ1n) is 7.28. The third-order valence-corrected chi connectivity index (χ3v) is 4.10. The maximum atomic E-state index is 6.26. The number of rotatable bonds is 4. The number of hydrogen-bond acceptors (Lipinski definition) is 3. The zero-order chi connectivity index (χ0) is 14.7. The molecule has 3 nitrogen and oxygen atoms in total. The number of pyridine rings is 1. The standard InChI is InChI=1S/C17H19ClN2O/c1-12-9-15(18)11-20-17(12)21-16(14-7-8-19-10-14)13-5-3-2-4-6-13/h2-6,9,11,14,16,19H,7-8,10H2,1H3. The molecule has 2 unspecified atom stereocenters. The minimum absolute atomic E-state index is 0.0218. The summed E-state index contributed by atoms with van der Waals surface area (Å²) in [5.74, 6) is 1.13. The van der Waals surface area contributed by atoms with Crippen LogP contribution >= 0.6 is 11.6 Å². The van der Waals surface area contributed by atoms with Gasteiger partial charge in [-0.15, -0.1) is 0 Å². The highest BCUT2D eigenvalue weighted by Crippen LogP contribution is 2.32. The largest absolute Gasteiger partial charge is 0.469 e. The quantitative estimate of drug-likeness (QED) is 0.933. The van der Waals surface area contributed by atoms with E-state index in [1.54, 1.807) is 6.20 Å². The Labute approximate surface area is 130 Å². The van der Waals surface area contributed by atoms with Crippen LogP contribution in [0.15, 0.2) is 42.6 Å². The molecule has 0 saturated carbocycles. The van der Waals surface area contributed by atoms with Crippen molar-refractivity contribution in [3.63, 3.8) is 0 Å². The molecule has 1 fully saturated rings. The van der Waals surface area contributed by atoms with Gasteiger partial charge >= 0.3 is 0 Å². The zero-order valence-electron chi connectivity index (χ0n) is 12.1. The third-order valence-electron chi connectivity index (χ3n) is 3.89. The van der Waals surface area contributed by atoms with E-state index in [2.05, 4.69) is 34.6 Å². The molecule has 110 valence electrons. The van der Waals surface area contributed by atoms with Crippen LogP contribution < -0.4 is 10.1 Å². The van der Waals surface area contributed by atoms with E-state index >= 15 is 0 Å². The second-order valence-electron chi connectivity index (χ2n) is 5.48. The Kier molecular flexibility index (Phi) is 4.42. The van der Waals surface area contributed by atoms with Crippen LogP contribution in [-0.2, 0) is 0 Å². The van der Waals surface area contributed by atoms with Gasteiger partial charge in [-0.1, -0.05) is 41.9 Å². The van der Waals surface area contributed by atoms with Crippen molar-refractivity contribution in [1.82, 2.24) is 10.3 Å². The second kappa shape index (κ2) is 6.46. The van der Waals surface area contributed by atoms with Gasteiger partial charge in [0.25, 0.3) is 0 Å². The van der Waals surface area contributed by atoms with Crippen molar-refractivity contribution in [3.05, 3.63) is 58.7 Å². The lowest BCUT2D eigenvalue weighted by molar-refractivity contribution is 0.137. The van der Waals surface area contributed by atoms with Crippen molar-refractivity contribution in [2.24, 2.45) is 5.92 Å². The van der Waals surface area contributed by atoms with Crippen LogP contribution in [0.1, 0.15) is 23.7 Å². The highest BCUT2D eigenvalue weighted by atomic mass is 35.5. The highest BCUT2D eigenvalue weighted by molar-refractivity contribution is 6.30. The molecule has 0 radical (unpaired) electrons. The summed E-state index contributed by atoms with van der Waals surface area (Å²) in [6, 6.07) is 12.3. The summed E-state index contributed by atoms with van der Waals surface area (Å²) in [5, 5.41) is 4.05. The maximum absolute atomic E-state index is 6.26. The zero-order valence-corrected chi connectivity index (χ0v) is 12.8. The molecular weight excluding hydrogens is 284 g/mol. The number of benzene rings is 1. The van der Waals surface area contributed by atoms with Crippen LogP contribution in [-0.4, -0.2) is 18.1 Å². The number of nitrogens with one attached hydrogen (secondary N) is 1. The van der Waals surface area contributed by atoms with Gasteiger partial charge < -0.3 is 10.1 Å². The molecule has 0 bridgehead atoms. The van der Waals surface area contributed by atoms with Crippen LogP contribution in [0.5, 0.6) is 5.88 Å². The van der Waals surface area contributed by atoms with Gasteiger partial charge in [0.05, 0.1) is 5.02 Å². The first-order chi connectivity index (χ1) is 10.2. The van der Waals surface area contributed by atoms with Gasteiger partial charge in [0.1, 0.15) is 6.10 Å². The fourth-order valence-corrected chi connectivity index (χ4v) is 3.00. The number of halogens is 1. The molecule has 0 spiro atoms. The molecular formula is C17H19ClN2O. The first-order valence-corrected chi connectivity index (χ1v) is 7.66. The Morgan fingerprint density at radius 3 is 2.81 bits per heavy atom. The summed E-state index contributed by atoms with van der Waals surface area (Å²) in [6.45, 7) is 4.00. The molecule has 1 aromatic carbocycles. The average molecular weight is 303 g/mol. The fourth-order valence-electron chi connectivity index (χ4n) is 2.79. The second-order valence-corrected chi connectivity index (χ2v) is 5.91. The van der Waals surface area contributed by atoms with E-state index in [9.17, 15) is 0 Å². The fraction of sp³-hybridized carbons (Fsp3) is 0.353. The number of hydrogen-bond donors (Lipinski definition) is 1. The Bertz CT molecular complexity index is 597. The van der Waals surface area contributed by atoms with Gasteiger partial charge in [-0.2, -0.15) is 0 Å². The topological polar surface area (TPSA) is 34.1 Å². The molecule has 0 amide bonds. The molecule has 2 heterocycles. The molecule has 4 heteroatoms. The number of nitrogens with zero attached hydrogens (tertiary/aromatic N) is 1. The predicted octanol–water partition coefficient (Wildman–Crippen LogP) is 3.77. The van der Waals surface area contributed by atoms with Crippen LogP contribution in [0.25, 0.3) is 0 Å². The van der Waals surface area contributed by atoms with Crippen molar-refractivity contribution >= 4 is 11.6 Å². The van der Waals surface area contributed by atoms with E-state index in [1.807, 2.05) is 19.1 Å². The molecule has 0 aliphatic carbocycles. The maximum Gasteiger partial charge on any atom is 0.216 e. The van der Waals surface area contributed by atoms with Crippen LogP contribution in [0.4, 0.5) is 0 Å². The smallest absolute Gasteiger partial charge is 0.216 e. The molecule has 1 aliphatic rings. The molecule has 1 saturated heterocycles. The monoisotopic (exact) mass is 302 g/mol. The van der Waals surface area contributed by atoms with Crippen molar-refractivity contribution in [3.8, 4) is 5.88 Å². The summed E-state index contributed by atoms with van der Waals surface area (Å²) < 4.78 is 6.26. The minimum atomic E-state index is 0.0218. The van der Waals surface area contributed by atoms with E-state index in [-0.39, 0.29) is 6.10 Å². The lowest BCUT2D eigenvalue weighted by atomic mass is 9.95. The SMILES string of the molecule is Cc1cc(Cl)cnc1OC(c1ccccc1)C1CCNC1. The first kappa shape index (κ1) is 14.4. The predicted molar refractivity (Wildman–Crippen MR) is 84.8 cm³/mol. The van der Waals surface area contributed by atoms with Gasteiger partial charge in [-0.05, 0) is 31.5 Å². The van der Waals surface area contributed by atoms with E-state index in [0.717, 1.165) is 25.1 Å². The van der Waals surface area contributed by atoms with E-state index < -0.39 is 0 Å². The van der Waals surface area contributed by atoms with Crippen LogP contribution in [0.3, 0.4) is 0 Å². The van der Waals surface area contributed by atoms with Gasteiger partial charge in [0, 0.05) is 24.2 Å². The normalized spacial score (nSPS) is 19.4. The molecule has 2 aromatic rings. The van der Waals surface area contributed by atoms with Gasteiger partial charge in [-0.25, -0.2) is 4.98 Å². The van der Waals surface area contributed by atoms with E-state index in [0.29, 0.717) is 16.8 Å². The van der Waals surface area contributed by atoms with Gasteiger partial charge in [0.15, 0.2) is 0 Å². The molecule has 1 aromatic heterocycles. The summed E-state index contributed by atoms with van der Waals surface area (Å²) >= 11 is 5.97. The molecule has 3 rings (SSSR count). The third kappa shape index (κ3) is 3.36. The Morgan fingerprint density at radius 1 is 1.33 bits per heavy atom. The van der Waals surface area contributed by atoms with Crippen LogP contribution in [0.2, 0.25) is 5.02 Å². The van der Waals surface area contributed by atoms with Gasteiger partial charge in [-0.3, -0.25) is 0 Å². The van der Waals surface area contributed by atoms with Gasteiger partial charge in [0.2, 0.25) is 5.88 Å². The highest BCUT2D eigenvalue weighted by Gasteiger charge is 2.28. The number of ether oxygens (including phenoxy) is 1. The molecule has 21 heavy (non-hydrogen) atoms. The Balaban J connectivity index is 1.88. The van der Waals surface area contributed by atoms with Crippen LogP contribution in [0, 0.1) is 12.8 Å². The summed E-state index contributed by atoms with van der Waals surface area (Å²) in [7, 11) is 0. The number of aryl methyl sites for hydroxylation is 1. The summed E-state index contributed by atoms with van der Waals surface area (Å²) in [5.41, 5.74) is 2.16. The minimum Gasteiger partial charge on any atom is -0.469 e. The van der Waals surface area contributed by atoms with E-state index in [1.165, 1.54) is 5.56 Å². The Morgan fingerprint density at radius 2 is 2.14 bits per heavy atom. The summed E-state index contributed by atoms with van der Waals surface area (Å²) in [4.78, 5) is 4.34. The van der Waals surface area contributed by atoms with Crippen molar-refractivity contribution in [1.29, 1.82) is 0 Å². The average Bonchev–Trinajstić information content (AvgIpc) is 3.01. The summed E-state index contributed by atoms with van der Waals surface area (Å²) in [6.07, 6.45) is 2.78. The molecule has 2 atom stereocenters. The number of aromatic nitrogens is 1. The Hall–Kier alpha value is -1.58. The molecule has 1 N–H and O–H groups in total. The van der Waals surface area contributed by atoms with Crippen molar-refractivity contribution in [2.45, 2.75) is 19.4 Å². The van der Waals surface area contributed by atoms with E-state index in [4.69, 9.17) is 16.3 Å².